The van der Waals surface area contributed by atoms with E-state index in [-0.39, 0.29) is 37.6 Å². The number of sulfonamides is 1. The molecular formula is C25H29F4N7O2S. The van der Waals surface area contributed by atoms with E-state index < -0.39 is 51.9 Å². The highest BCUT2D eigenvalue weighted by Crippen LogP contribution is 2.37. The number of anilines is 1. The molecule has 3 aromatic rings. The highest BCUT2D eigenvalue weighted by atomic mass is 32.2. The average Bonchev–Trinajstić information content (AvgIpc) is 3.66. The van der Waals surface area contributed by atoms with Gasteiger partial charge in [-0.05, 0) is 50.4 Å². The Labute approximate surface area is 227 Å². The van der Waals surface area contributed by atoms with Crippen LogP contribution in [0.4, 0.5) is 23.5 Å². The molecule has 0 bridgehead atoms. The molecule has 1 aliphatic heterocycles. The van der Waals surface area contributed by atoms with Crippen molar-refractivity contribution in [2.75, 3.05) is 25.4 Å². The maximum absolute atomic E-state index is 15.0. The highest BCUT2D eigenvalue weighted by Gasteiger charge is 2.44. The summed E-state index contributed by atoms with van der Waals surface area (Å²) >= 11 is 0. The zero-order chi connectivity index (χ0) is 30.4. The number of aryl methyl sites for hydroxylation is 1. The van der Waals surface area contributed by atoms with Crippen LogP contribution in [0.25, 0.3) is 16.9 Å². The molecule has 1 saturated carbocycles. The Morgan fingerprint density at radius 3 is 2.67 bits per heavy atom. The lowest BCUT2D eigenvalue weighted by Crippen LogP contribution is -2.50. The van der Waals surface area contributed by atoms with Crippen molar-refractivity contribution < 1.29 is 30.1 Å². The zero-order valence-electron chi connectivity index (χ0n) is 23.9. The van der Waals surface area contributed by atoms with Crippen molar-refractivity contribution in [3.63, 3.8) is 0 Å². The molecule has 2 aliphatic rings. The van der Waals surface area contributed by atoms with E-state index in [1.165, 1.54) is 17.1 Å². The number of alkyl halides is 4. The summed E-state index contributed by atoms with van der Waals surface area (Å²) in [6.45, 7) is -0.701. The van der Waals surface area contributed by atoms with E-state index in [9.17, 15) is 21.6 Å². The van der Waals surface area contributed by atoms with Crippen LogP contribution in [0, 0.1) is 6.92 Å². The molecule has 9 nitrogen and oxygen atoms in total. The molecule has 2 atom stereocenters. The highest BCUT2D eigenvalue weighted by molar-refractivity contribution is 7.90. The number of piperidine rings is 1. The Morgan fingerprint density at radius 1 is 1.21 bits per heavy atom. The smallest absolute Gasteiger partial charge is 0.348 e. The van der Waals surface area contributed by atoms with Crippen LogP contribution in [0.2, 0.25) is 0 Å². The van der Waals surface area contributed by atoms with Gasteiger partial charge in [0.05, 0.1) is 28.9 Å². The lowest BCUT2D eigenvalue weighted by molar-refractivity contribution is -0.137. The van der Waals surface area contributed by atoms with Crippen LogP contribution in [-0.2, 0) is 22.7 Å². The lowest BCUT2D eigenvalue weighted by atomic mass is 10.1. The van der Waals surface area contributed by atoms with Gasteiger partial charge in [0.25, 0.3) is 0 Å². The van der Waals surface area contributed by atoms with Gasteiger partial charge in [-0.25, -0.2) is 27.5 Å². The second-order valence-electron chi connectivity index (χ2n) is 9.76. The number of nitrogens with one attached hydrogen (secondary N) is 2. The van der Waals surface area contributed by atoms with Gasteiger partial charge in [-0.15, -0.1) is 0 Å². The quantitative estimate of drug-likeness (QED) is 0.398. The summed E-state index contributed by atoms with van der Waals surface area (Å²) in [5, 5.41) is 8.92. The minimum Gasteiger partial charge on any atom is -0.348 e. The predicted octanol–water partition coefficient (Wildman–Crippen LogP) is 3.69. The van der Waals surface area contributed by atoms with Crippen molar-refractivity contribution in [2.45, 2.75) is 56.4 Å². The van der Waals surface area contributed by atoms with Gasteiger partial charge in [-0.2, -0.15) is 22.6 Å². The fourth-order valence-corrected chi connectivity index (χ4v) is 6.52. The molecule has 2 aromatic heterocycles. The summed E-state index contributed by atoms with van der Waals surface area (Å²) in [5.41, 5.74) is 0.465. The van der Waals surface area contributed by atoms with Crippen molar-refractivity contribution in [2.24, 2.45) is 0 Å². The van der Waals surface area contributed by atoms with Crippen LogP contribution in [0.1, 0.15) is 40.1 Å². The van der Waals surface area contributed by atoms with Crippen molar-refractivity contribution in [3.8, 4) is 16.9 Å². The van der Waals surface area contributed by atoms with Gasteiger partial charge in [0.2, 0.25) is 16.0 Å². The van der Waals surface area contributed by atoms with Gasteiger partial charge < -0.3 is 10.6 Å². The number of nitrogens with zero attached hydrogens (tertiary/aromatic N) is 5. The van der Waals surface area contributed by atoms with Crippen molar-refractivity contribution in [3.05, 3.63) is 53.5 Å². The molecule has 0 unspecified atom stereocenters. The van der Waals surface area contributed by atoms with Crippen molar-refractivity contribution in [1.29, 1.82) is 0 Å². The number of halogens is 4. The van der Waals surface area contributed by atoms with Crippen molar-refractivity contribution >= 4 is 16.0 Å². The Bertz CT molecular complexity index is 1560. The summed E-state index contributed by atoms with van der Waals surface area (Å²) in [6.07, 6.45) is -1.94. The average molecular weight is 571 g/mol. The predicted molar refractivity (Wildman–Crippen MR) is 138 cm³/mol. The normalized spacial score (nSPS) is 22.2. The Kier molecular flexibility index (Phi) is 6.38. The first-order valence-corrected chi connectivity index (χ1v) is 13.9. The number of benzene rings is 1. The van der Waals surface area contributed by atoms with Crippen LogP contribution >= 0.6 is 0 Å². The summed E-state index contributed by atoms with van der Waals surface area (Å²) in [4.78, 5) is 7.85. The van der Waals surface area contributed by atoms with E-state index in [0.29, 0.717) is 35.9 Å². The summed E-state index contributed by atoms with van der Waals surface area (Å²) in [7, 11) is -3.54. The van der Waals surface area contributed by atoms with E-state index in [2.05, 4.69) is 25.7 Å². The second kappa shape index (κ2) is 10.5. The Hall–Kier alpha value is -3.10. The lowest BCUT2D eigenvalue weighted by Gasteiger charge is -2.34. The first kappa shape index (κ1) is 23.8. The fraction of sp³-hybridized carbons (Fsp3) is 0.480. The van der Waals surface area contributed by atoms with E-state index in [4.69, 9.17) is 4.11 Å². The third kappa shape index (κ3) is 5.77. The summed E-state index contributed by atoms with van der Waals surface area (Å²) in [6, 6.07) is 4.23. The van der Waals surface area contributed by atoms with Crippen LogP contribution in [-0.4, -0.2) is 70.0 Å². The summed E-state index contributed by atoms with van der Waals surface area (Å²) in [5.74, 6) is -0.223. The molecule has 1 aliphatic carbocycles. The topological polar surface area (TPSA) is 105 Å². The minimum atomic E-state index is -4.78. The standard InChI is InChI=1S/C25H29F4N7O2S/c1-15-9-16(10-30-2)3-6-22(15)36-13-17(11-32-36)23-19(25(27,28)29)12-31-24(34-23)33-21-7-8-35(14-20(21)26)39(37,38)18-4-5-18/h3,6,9,11-13,18,20-21,30H,4-5,7-8,10,14H2,1-2H3,(H,31,33,34)/t20-,21+/m1/s1/i2D3. The second-order valence-corrected chi connectivity index (χ2v) is 12.0. The molecule has 210 valence electrons. The van der Waals surface area contributed by atoms with Crippen LogP contribution in [0.3, 0.4) is 0 Å². The number of aromatic nitrogens is 4. The van der Waals surface area contributed by atoms with Gasteiger partial charge >= 0.3 is 6.18 Å². The monoisotopic (exact) mass is 570 g/mol. The van der Waals surface area contributed by atoms with E-state index in [1.54, 1.807) is 25.1 Å². The Morgan fingerprint density at radius 2 is 2.00 bits per heavy atom. The van der Waals surface area contributed by atoms with Gasteiger partial charge in [0.15, 0.2) is 0 Å². The van der Waals surface area contributed by atoms with Gasteiger partial charge in [0, 0.05) is 41.7 Å². The SMILES string of the molecule is [2H]C([2H])([2H])NCc1ccc(-n2cc(-c3nc(N[C@H]4CCN(S(=O)(=O)C5CC5)C[C@H]4F)ncc3C(F)(F)F)cn2)c(C)c1. The molecule has 14 heteroatoms. The zero-order valence-corrected chi connectivity index (χ0v) is 21.7. The van der Waals surface area contributed by atoms with Crippen LogP contribution < -0.4 is 10.6 Å². The van der Waals surface area contributed by atoms with Gasteiger partial charge in [-0.1, -0.05) is 12.1 Å². The molecule has 0 spiro atoms. The number of hydrogen-bond acceptors (Lipinski definition) is 7. The van der Waals surface area contributed by atoms with E-state index in [1.807, 2.05) is 0 Å². The van der Waals surface area contributed by atoms with Crippen LogP contribution in [0.15, 0.2) is 36.8 Å². The molecule has 2 N–H and O–H groups in total. The Balaban J connectivity index is 1.36. The van der Waals surface area contributed by atoms with E-state index in [0.717, 1.165) is 4.31 Å². The largest absolute Gasteiger partial charge is 0.419 e. The summed E-state index contributed by atoms with van der Waals surface area (Å²) < 4.78 is 106. The molecule has 39 heavy (non-hydrogen) atoms. The fourth-order valence-electron chi connectivity index (χ4n) is 4.66. The molecule has 0 radical (unpaired) electrons. The van der Waals surface area contributed by atoms with Crippen LogP contribution in [0.5, 0.6) is 0 Å². The van der Waals surface area contributed by atoms with Crippen molar-refractivity contribution in [1.82, 2.24) is 29.4 Å². The van der Waals surface area contributed by atoms with Gasteiger partial charge in [-0.3, -0.25) is 0 Å². The molecule has 0 amide bonds. The third-order valence-corrected chi connectivity index (χ3v) is 9.24. The molecule has 1 saturated heterocycles. The molecule has 5 rings (SSSR count). The van der Waals surface area contributed by atoms with Gasteiger partial charge in [0.1, 0.15) is 11.7 Å². The maximum Gasteiger partial charge on any atom is 0.419 e. The molecular weight excluding hydrogens is 538 g/mol. The minimum absolute atomic E-state index is 0.0439. The third-order valence-electron chi connectivity index (χ3n) is 6.87. The molecule has 1 aromatic carbocycles. The maximum atomic E-state index is 15.0. The first-order chi connectivity index (χ1) is 19.6. The molecule has 3 heterocycles. The first-order valence-electron chi connectivity index (χ1n) is 13.9. The molecule has 2 fully saturated rings. The number of rotatable bonds is 8. The van der Waals surface area contributed by atoms with E-state index >= 15 is 4.39 Å². The number of hydrogen-bond donors (Lipinski definition) is 2.